The van der Waals surface area contributed by atoms with E-state index in [0.717, 1.165) is 46.4 Å². The summed E-state index contributed by atoms with van der Waals surface area (Å²) in [5.41, 5.74) is 5.27. The third-order valence-electron chi connectivity index (χ3n) is 5.84. The lowest BCUT2D eigenvalue weighted by atomic mass is 9.90. The maximum absolute atomic E-state index is 12.6. The van der Waals surface area contributed by atoms with E-state index in [9.17, 15) is 14.7 Å². The summed E-state index contributed by atoms with van der Waals surface area (Å²) in [6, 6.07) is 9.48. The first-order chi connectivity index (χ1) is 16.4. The van der Waals surface area contributed by atoms with Gasteiger partial charge >= 0.3 is 5.97 Å². The van der Waals surface area contributed by atoms with Crippen molar-refractivity contribution in [3.63, 3.8) is 0 Å². The number of halogens is 1. The molecule has 0 bridgehead atoms. The molecule has 2 N–H and O–H groups in total. The predicted molar refractivity (Wildman–Crippen MR) is 147 cm³/mol. The molecule has 1 amide bonds. The van der Waals surface area contributed by atoms with Crippen LogP contribution in [0, 0.1) is 12.3 Å². The highest BCUT2D eigenvalue weighted by Crippen LogP contribution is 2.27. The number of nitrogens with zero attached hydrogens (tertiary/aromatic N) is 2. The van der Waals surface area contributed by atoms with Crippen LogP contribution >= 0.6 is 28.6 Å². The second-order valence-corrected chi connectivity index (χ2v) is 11.7. The van der Waals surface area contributed by atoms with Gasteiger partial charge in [-0.25, -0.2) is 9.78 Å². The van der Waals surface area contributed by atoms with Crippen LogP contribution in [0.25, 0.3) is 11.0 Å². The zero-order valence-electron chi connectivity index (χ0n) is 21.0. The van der Waals surface area contributed by atoms with Crippen LogP contribution in [-0.2, 0) is 24.3 Å². The molecule has 1 atom stereocenters. The predicted octanol–water partition coefficient (Wildman–Crippen LogP) is 6.16. The van der Waals surface area contributed by atoms with Gasteiger partial charge in [0.25, 0.3) is 0 Å². The topological polar surface area (TPSA) is 84.2 Å². The minimum atomic E-state index is -0.962. The van der Waals surface area contributed by atoms with Gasteiger partial charge in [0.05, 0.1) is 21.8 Å². The van der Waals surface area contributed by atoms with E-state index in [0.29, 0.717) is 24.0 Å². The van der Waals surface area contributed by atoms with Crippen LogP contribution in [0.4, 0.5) is 0 Å². The summed E-state index contributed by atoms with van der Waals surface area (Å²) in [7, 11) is 0. The normalized spacial score (nSPS) is 12.7. The number of carbonyl (C=O) groups is 2. The molecule has 0 saturated heterocycles. The van der Waals surface area contributed by atoms with Crippen molar-refractivity contribution in [2.75, 3.05) is 0 Å². The van der Waals surface area contributed by atoms with Crippen molar-refractivity contribution in [1.29, 1.82) is 0 Å². The first-order valence-corrected chi connectivity index (χ1v) is 13.2. The molecule has 0 unspecified atom stereocenters. The molecule has 1 aromatic heterocycles. The van der Waals surface area contributed by atoms with E-state index in [1.54, 1.807) is 6.07 Å². The number of aryl methyl sites for hydroxylation is 2. The molecule has 0 aliphatic rings. The maximum Gasteiger partial charge on any atom is 0.336 e. The Bertz CT molecular complexity index is 1250. The molecule has 0 aliphatic heterocycles. The van der Waals surface area contributed by atoms with Gasteiger partial charge < -0.3 is 15.0 Å². The quantitative estimate of drug-likeness (QED) is 0.274. The minimum Gasteiger partial charge on any atom is -0.478 e. The van der Waals surface area contributed by atoms with Crippen molar-refractivity contribution in [3.8, 4) is 0 Å². The van der Waals surface area contributed by atoms with Crippen molar-refractivity contribution >= 4 is 51.5 Å². The number of amides is 1. The van der Waals surface area contributed by atoms with Gasteiger partial charge in [-0.1, -0.05) is 39.8 Å². The second kappa shape index (κ2) is 11.2. The highest BCUT2D eigenvalue weighted by Gasteiger charge is 2.22. The molecule has 35 heavy (non-hydrogen) atoms. The molecule has 3 aromatic rings. The molecule has 0 saturated carbocycles. The molecule has 3 rings (SSSR count). The van der Waals surface area contributed by atoms with Crippen LogP contribution < -0.4 is 5.32 Å². The van der Waals surface area contributed by atoms with Crippen LogP contribution in [0.5, 0.6) is 0 Å². The Morgan fingerprint density at radius 1 is 1.20 bits per heavy atom. The standard InChI is InChI=1S/C27H34BrN3O3S/c1-6-7-23-30-24-16(2)10-18(14-29-25(32)22(35)13-27(3,4)5)12-21(24)31(23)15-17-8-9-19(26(33)34)20(28)11-17/h8-12,22,35H,6-7,13-15H2,1-5H3,(H,29,32)(H,33,34)/t22-/m1/s1. The number of carboxylic acids is 1. The highest BCUT2D eigenvalue weighted by atomic mass is 79.9. The number of nitrogens with one attached hydrogen (secondary N) is 1. The number of imidazole rings is 1. The number of benzene rings is 2. The summed E-state index contributed by atoms with van der Waals surface area (Å²) in [4.78, 5) is 28.9. The van der Waals surface area contributed by atoms with E-state index >= 15 is 0 Å². The van der Waals surface area contributed by atoms with Crippen LogP contribution in [-0.4, -0.2) is 31.8 Å². The molecule has 8 heteroatoms. The number of hydrogen-bond acceptors (Lipinski definition) is 4. The summed E-state index contributed by atoms with van der Waals surface area (Å²) in [5, 5.41) is 12.0. The van der Waals surface area contributed by atoms with Crippen LogP contribution in [0.2, 0.25) is 0 Å². The van der Waals surface area contributed by atoms with Gasteiger partial charge in [0.1, 0.15) is 5.82 Å². The molecule has 6 nitrogen and oxygen atoms in total. The van der Waals surface area contributed by atoms with Crippen LogP contribution in [0.3, 0.4) is 0 Å². The van der Waals surface area contributed by atoms with Crippen molar-refractivity contribution in [2.45, 2.75) is 72.2 Å². The summed E-state index contributed by atoms with van der Waals surface area (Å²) in [6.45, 7) is 11.5. The van der Waals surface area contributed by atoms with E-state index in [2.05, 4.69) is 78.3 Å². The molecular formula is C27H34BrN3O3S. The number of hydrogen-bond donors (Lipinski definition) is 3. The summed E-state index contributed by atoms with van der Waals surface area (Å²) < 4.78 is 2.75. The fourth-order valence-electron chi connectivity index (χ4n) is 4.20. The molecular weight excluding hydrogens is 526 g/mol. The van der Waals surface area contributed by atoms with Gasteiger partial charge in [-0.2, -0.15) is 12.6 Å². The van der Waals surface area contributed by atoms with Crippen molar-refractivity contribution in [2.24, 2.45) is 5.41 Å². The highest BCUT2D eigenvalue weighted by molar-refractivity contribution is 9.10. The molecule has 1 heterocycles. The number of carbonyl (C=O) groups excluding carboxylic acids is 1. The summed E-state index contributed by atoms with van der Waals surface area (Å²) in [5.74, 6) is -0.0354. The largest absolute Gasteiger partial charge is 0.478 e. The number of aromatic nitrogens is 2. The Morgan fingerprint density at radius 3 is 2.51 bits per heavy atom. The Morgan fingerprint density at radius 2 is 1.91 bits per heavy atom. The molecule has 0 radical (unpaired) electrons. The Balaban J connectivity index is 1.91. The van der Waals surface area contributed by atoms with E-state index in [1.807, 2.05) is 19.1 Å². The average Bonchev–Trinajstić information content (AvgIpc) is 3.08. The first-order valence-electron chi connectivity index (χ1n) is 11.9. The monoisotopic (exact) mass is 559 g/mol. The summed E-state index contributed by atoms with van der Waals surface area (Å²) >= 11 is 7.89. The van der Waals surface area contributed by atoms with Gasteiger partial charge in [0.15, 0.2) is 0 Å². The SMILES string of the molecule is CCCc1nc2c(C)cc(CNC(=O)[C@H](S)CC(C)(C)C)cc2n1Cc1ccc(C(=O)O)c(Br)c1. The lowest BCUT2D eigenvalue weighted by Gasteiger charge is -2.22. The Hall–Kier alpha value is -2.32. The van der Waals surface area contributed by atoms with E-state index in [4.69, 9.17) is 4.98 Å². The van der Waals surface area contributed by atoms with E-state index in [1.165, 1.54) is 0 Å². The maximum atomic E-state index is 12.6. The minimum absolute atomic E-state index is 0.0269. The lowest BCUT2D eigenvalue weighted by molar-refractivity contribution is -0.121. The number of thiol groups is 1. The zero-order valence-corrected chi connectivity index (χ0v) is 23.5. The smallest absolute Gasteiger partial charge is 0.336 e. The third kappa shape index (κ3) is 6.88. The fraction of sp³-hybridized carbons (Fsp3) is 0.444. The second-order valence-electron chi connectivity index (χ2n) is 10.3. The zero-order chi connectivity index (χ0) is 25.9. The summed E-state index contributed by atoms with van der Waals surface area (Å²) in [6.07, 6.45) is 2.50. The molecule has 2 aromatic carbocycles. The molecule has 0 aliphatic carbocycles. The van der Waals surface area contributed by atoms with Gasteiger partial charge in [0.2, 0.25) is 5.91 Å². The number of aromatic carboxylic acids is 1. The number of carboxylic acid groups (broad SMARTS) is 1. The van der Waals surface area contributed by atoms with Crippen molar-refractivity contribution in [3.05, 3.63) is 62.9 Å². The average molecular weight is 561 g/mol. The van der Waals surface area contributed by atoms with Crippen molar-refractivity contribution in [1.82, 2.24) is 14.9 Å². The fourth-order valence-corrected chi connectivity index (χ4v) is 5.43. The molecule has 0 fully saturated rings. The first kappa shape index (κ1) is 27.3. The van der Waals surface area contributed by atoms with Crippen LogP contribution in [0.1, 0.15) is 73.4 Å². The number of fused-ring (bicyclic) bond motifs is 1. The molecule has 188 valence electrons. The third-order valence-corrected chi connectivity index (χ3v) is 6.91. The molecule has 0 spiro atoms. The van der Waals surface area contributed by atoms with Crippen molar-refractivity contribution < 1.29 is 14.7 Å². The van der Waals surface area contributed by atoms with Gasteiger partial charge in [-0.05, 0) is 76.0 Å². The van der Waals surface area contributed by atoms with E-state index in [-0.39, 0.29) is 22.1 Å². The Labute approximate surface area is 221 Å². The van der Waals surface area contributed by atoms with Gasteiger partial charge in [-0.15, -0.1) is 0 Å². The van der Waals surface area contributed by atoms with Gasteiger partial charge in [0, 0.05) is 24.0 Å². The lowest BCUT2D eigenvalue weighted by Crippen LogP contribution is -2.33. The van der Waals surface area contributed by atoms with Crippen LogP contribution in [0.15, 0.2) is 34.8 Å². The van der Waals surface area contributed by atoms with Gasteiger partial charge in [-0.3, -0.25) is 4.79 Å². The Kier molecular flexibility index (Phi) is 8.70. The number of rotatable bonds is 9. The van der Waals surface area contributed by atoms with E-state index < -0.39 is 5.97 Å².